The van der Waals surface area contributed by atoms with Crippen molar-refractivity contribution in [3.63, 3.8) is 0 Å². The van der Waals surface area contributed by atoms with Crippen molar-refractivity contribution in [2.45, 2.75) is 31.6 Å². The maximum absolute atomic E-state index is 12.5. The zero-order valence-corrected chi connectivity index (χ0v) is 13.1. The van der Waals surface area contributed by atoms with E-state index < -0.39 is 10.0 Å². The standard InChI is InChI=1S/C15H24N2O3S/c16-10-13-3-5-15(6-4-13)12-21(19,20)17-8-1-2-14(11-17)7-9-18/h3-6,14,18H,1-2,7-12,16H2. The third kappa shape index (κ3) is 4.51. The van der Waals surface area contributed by atoms with Crippen LogP contribution in [-0.4, -0.2) is 37.5 Å². The van der Waals surface area contributed by atoms with Crippen LogP contribution >= 0.6 is 0 Å². The molecule has 1 unspecified atom stereocenters. The summed E-state index contributed by atoms with van der Waals surface area (Å²) in [6.07, 6.45) is 2.55. The molecule has 1 aromatic carbocycles. The summed E-state index contributed by atoms with van der Waals surface area (Å²) in [6.45, 7) is 1.70. The molecule has 6 heteroatoms. The molecule has 0 radical (unpaired) electrons. The van der Waals surface area contributed by atoms with E-state index in [2.05, 4.69) is 0 Å². The number of sulfonamides is 1. The fourth-order valence-electron chi connectivity index (χ4n) is 2.77. The maximum Gasteiger partial charge on any atom is 0.218 e. The monoisotopic (exact) mass is 312 g/mol. The highest BCUT2D eigenvalue weighted by Crippen LogP contribution is 2.23. The van der Waals surface area contributed by atoms with Crippen LogP contribution in [0.25, 0.3) is 0 Å². The Morgan fingerprint density at radius 2 is 1.90 bits per heavy atom. The highest BCUT2D eigenvalue weighted by Gasteiger charge is 2.28. The molecule has 1 aliphatic rings. The zero-order valence-electron chi connectivity index (χ0n) is 12.2. The molecule has 1 saturated heterocycles. The van der Waals surface area contributed by atoms with Crippen molar-refractivity contribution >= 4 is 10.0 Å². The number of aliphatic hydroxyl groups excluding tert-OH is 1. The van der Waals surface area contributed by atoms with Crippen LogP contribution < -0.4 is 5.73 Å². The second-order valence-electron chi connectivity index (χ2n) is 5.66. The van der Waals surface area contributed by atoms with Crippen LogP contribution in [0.3, 0.4) is 0 Å². The van der Waals surface area contributed by atoms with Gasteiger partial charge < -0.3 is 10.8 Å². The Morgan fingerprint density at radius 3 is 2.52 bits per heavy atom. The van der Waals surface area contributed by atoms with E-state index in [4.69, 9.17) is 10.8 Å². The van der Waals surface area contributed by atoms with E-state index in [1.165, 1.54) is 0 Å². The summed E-state index contributed by atoms with van der Waals surface area (Å²) >= 11 is 0. The van der Waals surface area contributed by atoms with Crippen molar-refractivity contribution in [3.05, 3.63) is 35.4 Å². The Labute approximate surface area is 126 Å². The molecule has 3 N–H and O–H groups in total. The lowest BCUT2D eigenvalue weighted by molar-refractivity contribution is 0.202. The first-order valence-corrected chi connectivity index (χ1v) is 9.02. The highest BCUT2D eigenvalue weighted by molar-refractivity contribution is 7.88. The fourth-order valence-corrected chi connectivity index (χ4v) is 4.41. The molecule has 0 bridgehead atoms. The van der Waals surface area contributed by atoms with E-state index in [9.17, 15) is 8.42 Å². The van der Waals surface area contributed by atoms with E-state index in [0.29, 0.717) is 26.1 Å². The lowest BCUT2D eigenvalue weighted by Gasteiger charge is -2.31. The van der Waals surface area contributed by atoms with Gasteiger partial charge in [0.15, 0.2) is 0 Å². The van der Waals surface area contributed by atoms with Crippen molar-refractivity contribution < 1.29 is 13.5 Å². The smallest absolute Gasteiger partial charge is 0.218 e. The van der Waals surface area contributed by atoms with Gasteiger partial charge in [-0.1, -0.05) is 24.3 Å². The predicted molar refractivity (Wildman–Crippen MR) is 83.0 cm³/mol. The quantitative estimate of drug-likeness (QED) is 0.823. The molecule has 118 valence electrons. The number of aliphatic hydroxyl groups is 1. The molecular weight excluding hydrogens is 288 g/mol. The first-order valence-electron chi connectivity index (χ1n) is 7.41. The summed E-state index contributed by atoms with van der Waals surface area (Å²) in [5.74, 6) is 0.308. The van der Waals surface area contributed by atoms with Gasteiger partial charge in [0.25, 0.3) is 0 Å². The molecule has 0 aliphatic carbocycles. The summed E-state index contributed by atoms with van der Waals surface area (Å²) in [6, 6.07) is 7.40. The molecular formula is C15H24N2O3S. The highest BCUT2D eigenvalue weighted by atomic mass is 32.2. The molecule has 1 heterocycles. The summed E-state index contributed by atoms with van der Waals surface area (Å²) < 4.78 is 26.6. The lowest BCUT2D eigenvalue weighted by Crippen LogP contribution is -2.40. The van der Waals surface area contributed by atoms with Gasteiger partial charge in [-0.3, -0.25) is 0 Å². The first kappa shape index (κ1) is 16.4. The SMILES string of the molecule is NCc1ccc(CS(=O)(=O)N2CCCC(CCO)C2)cc1. The van der Waals surface area contributed by atoms with Crippen LogP contribution in [0.2, 0.25) is 0 Å². The van der Waals surface area contributed by atoms with Gasteiger partial charge >= 0.3 is 0 Å². The Kier molecular flexibility index (Phi) is 5.75. The van der Waals surface area contributed by atoms with Gasteiger partial charge in [0.05, 0.1) is 5.75 Å². The Hall–Kier alpha value is -0.950. The summed E-state index contributed by atoms with van der Waals surface area (Å²) in [5.41, 5.74) is 7.33. The van der Waals surface area contributed by atoms with Crippen LogP contribution in [0.5, 0.6) is 0 Å². The molecule has 1 fully saturated rings. The van der Waals surface area contributed by atoms with Crippen LogP contribution in [-0.2, 0) is 22.3 Å². The van der Waals surface area contributed by atoms with Gasteiger partial charge in [0.1, 0.15) is 0 Å². The number of hydrogen-bond acceptors (Lipinski definition) is 4. The molecule has 1 aliphatic heterocycles. The number of rotatable bonds is 6. The molecule has 0 saturated carbocycles. The number of nitrogens with zero attached hydrogens (tertiary/aromatic N) is 1. The lowest BCUT2D eigenvalue weighted by atomic mass is 9.97. The number of benzene rings is 1. The van der Waals surface area contributed by atoms with Crippen molar-refractivity contribution in [2.24, 2.45) is 11.7 Å². The van der Waals surface area contributed by atoms with E-state index in [0.717, 1.165) is 24.0 Å². The minimum absolute atomic E-state index is 0.0314. The summed E-state index contributed by atoms with van der Waals surface area (Å²) in [4.78, 5) is 0. The molecule has 5 nitrogen and oxygen atoms in total. The number of hydrogen-bond donors (Lipinski definition) is 2. The molecule has 0 amide bonds. The third-order valence-corrected chi connectivity index (χ3v) is 5.84. The number of piperidine rings is 1. The number of nitrogens with two attached hydrogens (primary N) is 1. The van der Waals surface area contributed by atoms with Gasteiger partial charge in [-0.25, -0.2) is 12.7 Å². The fraction of sp³-hybridized carbons (Fsp3) is 0.600. The normalized spacial score (nSPS) is 20.6. The molecule has 1 atom stereocenters. The van der Waals surface area contributed by atoms with Gasteiger partial charge in [0, 0.05) is 26.2 Å². The average Bonchev–Trinajstić information content (AvgIpc) is 2.48. The molecule has 0 aromatic heterocycles. The Balaban J connectivity index is 2.03. The Bertz CT molecular complexity index is 541. The first-order chi connectivity index (χ1) is 10.0. The van der Waals surface area contributed by atoms with Crippen molar-refractivity contribution in [3.8, 4) is 0 Å². The van der Waals surface area contributed by atoms with Crippen molar-refractivity contribution in [2.75, 3.05) is 19.7 Å². The second kappa shape index (κ2) is 7.35. The molecule has 0 spiro atoms. The van der Waals surface area contributed by atoms with Crippen LogP contribution in [0.4, 0.5) is 0 Å². The van der Waals surface area contributed by atoms with E-state index in [1.54, 1.807) is 4.31 Å². The van der Waals surface area contributed by atoms with E-state index >= 15 is 0 Å². The maximum atomic E-state index is 12.5. The molecule has 21 heavy (non-hydrogen) atoms. The predicted octanol–water partition coefficient (Wildman–Crippen LogP) is 1.07. The van der Waals surface area contributed by atoms with Crippen LogP contribution in [0, 0.1) is 5.92 Å². The minimum Gasteiger partial charge on any atom is -0.396 e. The van der Waals surface area contributed by atoms with Gasteiger partial charge in [-0.15, -0.1) is 0 Å². The second-order valence-corrected chi connectivity index (χ2v) is 7.62. The molecule has 2 rings (SSSR count). The third-order valence-electron chi connectivity index (χ3n) is 4.02. The average molecular weight is 312 g/mol. The van der Waals surface area contributed by atoms with Crippen molar-refractivity contribution in [1.82, 2.24) is 4.31 Å². The van der Waals surface area contributed by atoms with Gasteiger partial charge in [0.2, 0.25) is 10.0 Å². The topological polar surface area (TPSA) is 83.6 Å². The Morgan fingerprint density at radius 1 is 1.24 bits per heavy atom. The van der Waals surface area contributed by atoms with Gasteiger partial charge in [-0.2, -0.15) is 0 Å². The summed E-state index contributed by atoms with van der Waals surface area (Å²) in [7, 11) is -3.29. The van der Waals surface area contributed by atoms with Crippen LogP contribution in [0.1, 0.15) is 30.4 Å². The van der Waals surface area contributed by atoms with Crippen LogP contribution in [0.15, 0.2) is 24.3 Å². The van der Waals surface area contributed by atoms with E-state index in [1.807, 2.05) is 24.3 Å². The van der Waals surface area contributed by atoms with Crippen molar-refractivity contribution in [1.29, 1.82) is 0 Å². The van der Waals surface area contributed by atoms with Gasteiger partial charge in [-0.05, 0) is 36.3 Å². The van der Waals surface area contributed by atoms with E-state index in [-0.39, 0.29) is 18.3 Å². The minimum atomic E-state index is -3.29. The largest absolute Gasteiger partial charge is 0.396 e. The zero-order chi connectivity index (χ0) is 15.3. The summed E-state index contributed by atoms with van der Waals surface area (Å²) in [5, 5.41) is 9.01. The molecule has 1 aromatic rings.